The molecule has 3 unspecified atom stereocenters. The van der Waals surface area contributed by atoms with Crippen LogP contribution in [0.2, 0.25) is 5.02 Å². The Kier molecular flexibility index (Phi) is 15.2. The predicted molar refractivity (Wildman–Crippen MR) is 257 cm³/mol. The van der Waals surface area contributed by atoms with Gasteiger partial charge in [0.1, 0.15) is 36.6 Å². The molecule has 18 heteroatoms. The van der Waals surface area contributed by atoms with Crippen LogP contribution in [-0.4, -0.2) is 132 Å². The molecule has 0 spiro atoms. The second kappa shape index (κ2) is 20.5. The summed E-state index contributed by atoms with van der Waals surface area (Å²) in [6.07, 6.45) is 7.39. The molecular formula is C49H69ClN8O8S. The summed E-state index contributed by atoms with van der Waals surface area (Å²) in [5.41, 5.74) is 1.93. The van der Waals surface area contributed by atoms with Crippen molar-refractivity contribution in [2.75, 3.05) is 70.1 Å². The number of piperidine rings is 1. The van der Waals surface area contributed by atoms with E-state index in [2.05, 4.69) is 64.7 Å². The molecule has 4 aliphatic heterocycles. The van der Waals surface area contributed by atoms with Crippen LogP contribution < -0.4 is 35.5 Å². The lowest BCUT2D eigenvalue weighted by Crippen LogP contribution is -2.75. The number of benzene rings is 2. The fourth-order valence-corrected chi connectivity index (χ4v) is 12.0. The van der Waals surface area contributed by atoms with Crippen molar-refractivity contribution in [2.45, 2.75) is 110 Å². The largest absolute Gasteiger partial charge is 0.490 e. The van der Waals surface area contributed by atoms with Crippen LogP contribution in [-0.2, 0) is 29.1 Å². The average molecular weight is 966 g/mol. The minimum atomic E-state index is -3.49. The van der Waals surface area contributed by atoms with Gasteiger partial charge in [0.05, 0.1) is 40.5 Å². The second-order valence-corrected chi connectivity index (χ2v) is 22.8. The number of carbonyl (C=O) groups excluding carboxylic acids is 2. The number of fused-ring (bicyclic) bond motifs is 1. The van der Waals surface area contributed by atoms with E-state index in [1.165, 1.54) is 0 Å². The summed E-state index contributed by atoms with van der Waals surface area (Å²) in [6, 6.07) is 12.1. The normalized spacial score (nSPS) is 27.8. The maximum Gasteiger partial charge on any atom is 0.244 e. The lowest BCUT2D eigenvalue weighted by molar-refractivity contribution is -0.174. The molecule has 5 N–H and O–H groups in total. The van der Waals surface area contributed by atoms with Gasteiger partial charge in [0.2, 0.25) is 21.8 Å². The highest BCUT2D eigenvalue weighted by Crippen LogP contribution is 2.55. The Morgan fingerprint density at radius 2 is 1.73 bits per heavy atom. The van der Waals surface area contributed by atoms with Crippen LogP contribution in [0.15, 0.2) is 42.6 Å². The van der Waals surface area contributed by atoms with E-state index in [0.29, 0.717) is 66.6 Å². The number of nitrogens with one attached hydrogen (secondary N) is 5. The maximum absolute atomic E-state index is 13.6. The molecule has 0 radical (unpaired) electrons. The number of nitrogens with zero attached hydrogens (tertiary/aromatic N) is 3. The van der Waals surface area contributed by atoms with Crippen molar-refractivity contribution in [3.05, 3.63) is 58.7 Å². The Morgan fingerprint density at radius 1 is 1.00 bits per heavy atom. The van der Waals surface area contributed by atoms with Gasteiger partial charge < -0.3 is 34.5 Å². The van der Waals surface area contributed by atoms with E-state index in [0.717, 1.165) is 69.3 Å². The molecule has 2 aromatic carbocycles. The van der Waals surface area contributed by atoms with E-state index in [1.807, 2.05) is 18.3 Å². The van der Waals surface area contributed by atoms with E-state index < -0.39 is 10.0 Å². The summed E-state index contributed by atoms with van der Waals surface area (Å²) < 4.78 is 53.4. The van der Waals surface area contributed by atoms with E-state index in [9.17, 15) is 23.3 Å². The van der Waals surface area contributed by atoms with E-state index >= 15 is 0 Å². The summed E-state index contributed by atoms with van der Waals surface area (Å²) >= 11 is 6.27. The van der Waals surface area contributed by atoms with Gasteiger partial charge in [0.15, 0.2) is 0 Å². The Labute approximate surface area is 401 Å². The van der Waals surface area contributed by atoms with E-state index in [-0.39, 0.29) is 76.9 Å². The Balaban J connectivity index is 0.749. The molecule has 2 saturated carbocycles. The van der Waals surface area contributed by atoms with Gasteiger partial charge in [-0.25, -0.2) is 8.42 Å². The van der Waals surface area contributed by atoms with Crippen molar-refractivity contribution in [1.29, 1.82) is 5.26 Å². The van der Waals surface area contributed by atoms with Crippen molar-refractivity contribution in [3.63, 3.8) is 0 Å². The molecule has 2 aromatic rings. The number of likely N-dealkylation sites (tertiary alicyclic amines) is 1. The first-order valence-corrected chi connectivity index (χ1v) is 26.1. The molecule has 4 heterocycles. The van der Waals surface area contributed by atoms with Gasteiger partial charge in [-0.2, -0.15) is 5.26 Å². The van der Waals surface area contributed by atoms with Gasteiger partial charge in [0, 0.05) is 92.7 Å². The molecule has 2 amide bonds. The van der Waals surface area contributed by atoms with Crippen LogP contribution in [0, 0.1) is 39.9 Å². The smallest absolute Gasteiger partial charge is 0.244 e. The number of carbonyl (C=O) groups is 2. The predicted octanol–water partition coefficient (Wildman–Crippen LogP) is 4.90. The summed E-state index contributed by atoms with van der Waals surface area (Å²) in [5, 5.41) is 23.4. The summed E-state index contributed by atoms with van der Waals surface area (Å²) in [5.74, 6) is 1.43. The highest BCUT2D eigenvalue weighted by atomic mass is 35.5. The molecular weight excluding hydrogens is 896 g/mol. The summed E-state index contributed by atoms with van der Waals surface area (Å²) in [7, 11) is -1.74. The standard InChI is InChI=1S/C49H69ClN8O8S/c1-7-67(61,62)56-33-12-14-40(37(23-33)38-28-57(6)44(60)42-36(38)15-18-52-42)65-29-41(30-9-10-30)64-22-8-21-63-34-16-19-58(20-17-34)47-53-26-32(27-54-47)43(59)55-45-48(2,3)46(49(45,4)5)66-35-13-11-31(25-51)39(50)24-35/h11-14,23-24,28,30,32,34,36,41-42,45-47,52-54,56H,7-10,15-22,26-27,29H2,1-6H3,(H,55,59). The first-order chi connectivity index (χ1) is 32.0. The average Bonchev–Trinajstić information content (AvgIpc) is 4.04. The Bertz CT molecular complexity index is 2290. The zero-order chi connectivity index (χ0) is 47.7. The summed E-state index contributed by atoms with van der Waals surface area (Å²) in [6.45, 7) is 15.3. The van der Waals surface area contributed by atoms with Crippen LogP contribution in [0.4, 0.5) is 5.69 Å². The molecule has 8 rings (SSSR count). The second-order valence-electron chi connectivity index (χ2n) is 20.3. The van der Waals surface area contributed by atoms with Gasteiger partial charge in [-0.05, 0) is 93.8 Å². The van der Waals surface area contributed by atoms with E-state index in [4.69, 9.17) is 30.5 Å². The zero-order valence-electron chi connectivity index (χ0n) is 39.7. The highest BCUT2D eigenvalue weighted by Gasteiger charge is 2.64. The summed E-state index contributed by atoms with van der Waals surface area (Å²) in [4.78, 5) is 30.6. The molecule has 366 valence electrons. The number of hydrogen-bond donors (Lipinski definition) is 5. The van der Waals surface area contributed by atoms with Crippen molar-refractivity contribution in [3.8, 4) is 17.6 Å². The number of amides is 2. The van der Waals surface area contributed by atoms with Gasteiger partial charge in [-0.1, -0.05) is 39.3 Å². The third-order valence-corrected chi connectivity index (χ3v) is 16.4. The monoisotopic (exact) mass is 964 g/mol. The number of rotatable bonds is 19. The number of likely N-dealkylation sites (N-methyl/N-ethyl adjacent to an activating group) is 1. The van der Waals surface area contributed by atoms with Gasteiger partial charge in [-0.15, -0.1) is 0 Å². The molecule has 0 bridgehead atoms. The molecule has 6 aliphatic rings. The van der Waals surface area contributed by atoms with E-state index in [1.54, 1.807) is 43.1 Å². The van der Waals surface area contributed by atoms with Gasteiger partial charge in [-0.3, -0.25) is 29.8 Å². The number of anilines is 1. The van der Waals surface area contributed by atoms with Crippen molar-refractivity contribution in [1.82, 2.24) is 31.1 Å². The molecule has 67 heavy (non-hydrogen) atoms. The quantitative estimate of drug-likeness (QED) is 0.120. The molecule has 2 aliphatic carbocycles. The van der Waals surface area contributed by atoms with Crippen LogP contribution in [0.1, 0.15) is 84.3 Å². The topological polar surface area (TPSA) is 196 Å². The molecule has 3 atom stereocenters. The number of ether oxygens (including phenoxy) is 4. The third kappa shape index (κ3) is 11.1. The van der Waals surface area contributed by atoms with Gasteiger partial charge in [0.25, 0.3) is 0 Å². The minimum absolute atomic E-state index is 0.00182. The van der Waals surface area contributed by atoms with Crippen molar-refractivity contribution in [2.24, 2.45) is 28.6 Å². The fourth-order valence-electron chi connectivity index (χ4n) is 11.1. The molecule has 3 saturated heterocycles. The number of nitriles is 1. The Hall–Kier alpha value is -3.99. The SMILES string of the molecule is CCS(=O)(=O)Nc1ccc(OCC(OCCCOC2CCN(C3NCC(C(=O)NC4C(C)(C)C(Oc5ccc(C#N)c(Cl)c5)C4(C)C)CN3)CC2)C2CC2)c(C2=CN(C)C(=O)C3NCCC23)c1. The van der Waals surface area contributed by atoms with Crippen LogP contribution in [0.25, 0.3) is 5.57 Å². The highest BCUT2D eigenvalue weighted by molar-refractivity contribution is 7.92. The number of hydrogen-bond acceptors (Lipinski definition) is 13. The van der Waals surface area contributed by atoms with Crippen LogP contribution in [0.3, 0.4) is 0 Å². The first kappa shape index (κ1) is 49.4. The van der Waals surface area contributed by atoms with Crippen molar-refractivity contribution >= 4 is 44.7 Å². The number of sulfonamides is 1. The van der Waals surface area contributed by atoms with Crippen LogP contribution in [0.5, 0.6) is 11.5 Å². The lowest BCUT2D eigenvalue weighted by Gasteiger charge is -2.63. The molecule has 16 nitrogen and oxygen atoms in total. The van der Waals surface area contributed by atoms with Crippen LogP contribution >= 0.6 is 11.6 Å². The number of halogens is 1. The third-order valence-electron chi connectivity index (χ3n) is 14.8. The Morgan fingerprint density at radius 3 is 2.40 bits per heavy atom. The van der Waals surface area contributed by atoms with Crippen molar-refractivity contribution < 1.29 is 37.0 Å². The van der Waals surface area contributed by atoms with Gasteiger partial charge >= 0.3 is 0 Å². The lowest BCUT2D eigenvalue weighted by atomic mass is 9.49. The molecule has 0 aromatic heterocycles. The fraction of sp³-hybridized carbons (Fsp3) is 0.653. The molecule has 5 fully saturated rings. The maximum atomic E-state index is 13.6. The minimum Gasteiger partial charge on any atom is -0.490 e. The zero-order valence-corrected chi connectivity index (χ0v) is 41.3. The first-order valence-electron chi connectivity index (χ1n) is 24.1.